The Balaban J connectivity index is 0. The van der Waals surface area contributed by atoms with Gasteiger partial charge in [0.2, 0.25) is 0 Å². The van der Waals surface area contributed by atoms with Crippen LogP contribution in [0.2, 0.25) is 5.02 Å². The fourth-order valence-corrected chi connectivity index (χ4v) is 1.24. The molecule has 96 valence electrons. The van der Waals surface area contributed by atoms with Gasteiger partial charge in [-0.1, -0.05) is 52.6 Å². The van der Waals surface area contributed by atoms with Crippen LogP contribution in [-0.4, -0.2) is 0 Å². The average molecular weight is 258 g/mol. The van der Waals surface area contributed by atoms with Crippen molar-refractivity contribution in [1.29, 1.82) is 5.26 Å². The fourth-order valence-electron chi connectivity index (χ4n) is 0.945. The monoisotopic (exact) mass is 257 g/mol. The van der Waals surface area contributed by atoms with Crippen LogP contribution in [0, 0.1) is 17.1 Å². The Kier molecular flexibility index (Phi) is 12.3. The predicted molar refractivity (Wildman–Crippen MR) is 72.8 cm³/mol. The highest BCUT2D eigenvalue weighted by molar-refractivity contribution is 6.31. The van der Waals surface area contributed by atoms with Gasteiger partial charge in [-0.25, -0.2) is 4.39 Å². The number of halogens is 2. The maximum Gasteiger partial charge on any atom is 0.141 e. The van der Waals surface area contributed by atoms with Crippen molar-refractivity contribution in [3.05, 3.63) is 34.1 Å². The summed E-state index contributed by atoms with van der Waals surface area (Å²) in [7, 11) is 0. The zero-order valence-electron chi connectivity index (χ0n) is 11.3. The first-order chi connectivity index (χ1) is 8.10. The van der Waals surface area contributed by atoms with Gasteiger partial charge in [-0.3, -0.25) is 0 Å². The van der Waals surface area contributed by atoms with Crippen LogP contribution in [0.3, 0.4) is 0 Å². The maximum atomic E-state index is 12.9. The lowest BCUT2D eigenvalue weighted by Crippen LogP contribution is -1.89. The average Bonchev–Trinajstić information content (AvgIpc) is 2.35. The fraction of sp³-hybridized carbons (Fsp3) is 0.500. The molecule has 1 rings (SSSR count). The summed E-state index contributed by atoms with van der Waals surface area (Å²) in [6.45, 7) is 10.1. The van der Waals surface area contributed by atoms with Crippen molar-refractivity contribution in [1.82, 2.24) is 0 Å². The molecule has 0 aliphatic carbocycles. The molecule has 17 heavy (non-hydrogen) atoms. The highest BCUT2D eigenvalue weighted by Gasteiger charge is 2.06. The van der Waals surface area contributed by atoms with Gasteiger partial charge in [0.05, 0.1) is 5.56 Å². The summed E-state index contributed by atoms with van der Waals surface area (Å²) in [5.41, 5.74) is 0.727. The van der Waals surface area contributed by atoms with Gasteiger partial charge < -0.3 is 0 Å². The summed E-state index contributed by atoms with van der Waals surface area (Å²) >= 11 is 5.76. The zero-order chi connectivity index (χ0) is 13.8. The molecule has 0 radical (unpaired) electrons. The van der Waals surface area contributed by atoms with Crippen LogP contribution in [0.1, 0.15) is 52.2 Å². The molecule has 0 aliphatic rings. The van der Waals surface area contributed by atoms with Gasteiger partial charge in [0, 0.05) is 5.02 Å². The number of nitrogens with zero attached hydrogens (tertiary/aromatic N) is 1. The van der Waals surface area contributed by atoms with E-state index in [2.05, 4.69) is 13.8 Å². The van der Waals surface area contributed by atoms with Crippen LogP contribution >= 0.6 is 11.6 Å². The molecule has 0 aromatic heterocycles. The summed E-state index contributed by atoms with van der Waals surface area (Å²) in [6.07, 6.45) is 1.92. The van der Waals surface area contributed by atoms with Gasteiger partial charge in [-0.05, 0) is 24.1 Å². The van der Waals surface area contributed by atoms with Crippen LogP contribution in [0.5, 0.6) is 0 Å². The van der Waals surface area contributed by atoms with Crippen molar-refractivity contribution in [2.45, 2.75) is 47.5 Å². The quantitative estimate of drug-likeness (QED) is 0.665. The minimum absolute atomic E-state index is 0.00259. The molecule has 0 atom stereocenters. The van der Waals surface area contributed by atoms with Crippen molar-refractivity contribution < 1.29 is 4.39 Å². The summed E-state index contributed by atoms with van der Waals surface area (Å²) in [5.74, 6) is -0.501. The molecule has 1 aromatic carbocycles. The maximum absolute atomic E-state index is 12.9. The van der Waals surface area contributed by atoms with Crippen molar-refractivity contribution in [3.8, 4) is 6.07 Å². The normalized spacial score (nSPS) is 8.12. The Labute approximate surface area is 109 Å². The SMILES string of the molecule is CC.CCC.CCc1cc(F)c(C#N)cc1Cl. The lowest BCUT2D eigenvalue weighted by Gasteiger charge is -2.01. The summed E-state index contributed by atoms with van der Waals surface area (Å²) in [4.78, 5) is 0. The first-order valence-corrected chi connectivity index (χ1v) is 6.36. The summed E-state index contributed by atoms with van der Waals surface area (Å²) in [5, 5.41) is 8.91. The summed E-state index contributed by atoms with van der Waals surface area (Å²) in [6, 6.07) is 4.39. The van der Waals surface area contributed by atoms with Crippen LogP contribution < -0.4 is 0 Å². The number of benzene rings is 1. The molecule has 0 unspecified atom stereocenters. The second kappa shape index (κ2) is 11.4. The third kappa shape index (κ3) is 6.97. The highest BCUT2D eigenvalue weighted by atomic mass is 35.5. The molecule has 0 fully saturated rings. The van der Waals surface area contributed by atoms with E-state index in [1.165, 1.54) is 18.6 Å². The molecular formula is C14H21ClFN. The second-order valence-electron chi connectivity index (χ2n) is 3.10. The van der Waals surface area contributed by atoms with Crippen molar-refractivity contribution in [3.63, 3.8) is 0 Å². The van der Waals surface area contributed by atoms with Crippen LogP contribution in [0.25, 0.3) is 0 Å². The molecule has 1 aromatic rings. The third-order valence-electron chi connectivity index (χ3n) is 1.64. The topological polar surface area (TPSA) is 23.8 Å². The van der Waals surface area contributed by atoms with Crippen molar-refractivity contribution >= 4 is 11.6 Å². The molecule has 0 spiro atoms. The molecular weight excluding hydrogens is 237 g/mol. The van der Waals surface area contributed by atoms with Crippen LogP contribution in [0.4, 0.5) is 4.39 Å². The van der Waals surface area contributed by atoms with Crippen LogP contribution in [0.15, 0.2) is 12.1 Å². The van der Waals surface area contributed by atoms with E-state index < -0.39 is 5.82 Å². The smallest absolute Gasteiger partial charge is 0.141 e. The van der Waals surface area contributed by atoms with E-state index in [-0.39, 0.29) is 5.56 Å². The minimum atomic E-state index is -0.501. The van der Waals surface area contributed by atoms with Gasteiger partial charge in [0.15, 0.2) is 0 Å². The largest absolute Gasteiger partial charge is 0.206 e. The first kappa shape index (κ1) is 18.3. The number of hydrogen-bond donors (Lipinski definition) is 0. The Morgan fingerprint density at radius 1 is 1.24 bits per heavy atom. The van der Waals surface area contributed by atoms with E-state index in [0.717, 1.165) is 5.56 Å². The Hall–Kier alpha value is -1.07. The van der Waals surface area contributed by atoms with E-state index in [4.69, 9.17) is 16.9 Å². The molecule has 0 saturated heterocycles. The van der Waals surface area contributed by atoms with Gasteiger partial charge in [0.25, 0.3) is 0 Å². The number of aryl methyl sites for hydroxylation is 1. The highest BCUT2D eigenvalue weighted by Crippen LogP contribution is 2.20. The molecule has 1 nitrogen and oxygen atoms in total. The van der Waals surface area contributed by atoms with Gasteiger partial charge >= 0.3 is 0 Å². The number of hydrogen-bond acceptors (Lipinski definition) is 1. The van der Waals surface area contributed by atoms with E-state index in [9.17, 15) is 4.39 Å². The van der Waals surface area contributed by atoms with Crippen molar-refractivity contribution in [2.24, 2.45) is 0 Å². The van der Waals surface area contributed by atoms with Gasteiger partial charge in [-0.15, -0.1) is 0 Å². The lowest BCUT2D eigenvalue weighted by atomic mass is 10.1. The third-order valence-corrected chi connectivity index (χ3v) is 1.99. The molecule has 3 heteroatoms. The number of rotatable bonds is 1. The Bertz CT molecular complexity index is 355. The van der Waals surface area contributed by atoms with Crippen LogP contribution in [-0.2, 0) is 6.42 Å². The molecule has 0 aliphatic heterocycles. The zero-order valence-corrected chi connectivity index (χ0v) is 12.0. The number of nitriles is 1. The molecule has 0 amide bonds. The van der Waals surface area contributed by atoms with E-state index >= 15 is 0 Å². The Morgan fingerprint density at radius 3 is 2.06 bits per heavy atom. The van der Waals surface area contributed by atoms with Gasteiger partial charge in [-0.2, -0.15) is 5.26 Å². The van der Waals surface area contributed by atoms with E-state index in [1.807, 2.05) is 20.8 Å². The second-order valence-corrected chi connectivity index (χ2v) is 3.50. The standard InChI is InChI=1S/C9H7ClFN.C3H8.C2H6/c1-2-6-4-9(11)7(5-12)3-8(6)10;1-3-2;1-2/h3-4H,2H2,1H3;3H2,1-2H3;1-2H3. The van der Waals surface area contributed by atoms with E-state index in [1.54, 1.807) is 6.07 Å². The molecule has 0 saturated carbocycles. The Morgan fingerprint density at radius 2 is 1.71 bits per heavy atom. The molecule has 0 bridgehead atoms. The summed E-state index contributed by atoms with van der Waals surface area (Å²) < 4.78 is 12.9. The van der Waals surface area contributed by atoms with Gasteiger partial charge in [0.1, 0.15) is 11.9 Å². The molecule has 0 heterocycles. The van der Waals surface area contributed by atoms with E-state index in [0.29, 0.717) is 11.4 Å². The predicted octanol–water partition coefficient (Wildman–Crippen LogP) is 5.36. The lowest BCUT2D eigenvalue weighted by molar-refractivity contribution is 0.622. The minimum Gasteiger partial charge on any atom is -0.206 e. The first-order valence-electron chi connectivity index (χ1n) is 5.98. The van der Waals surface area contributed by atoms with Crippen molar-refractivity contribution in [2.75, 3.05) is 0 Å². The molecule has 0 N–H and O–H groups in total.